The quantitative estimate of drug-likeness (QED) is 0.278. The van der Waals surface area contributed by atoms with Crippen LogP contribution in [0.3, 0.4) is 0 Å². The zero-order chi connectivity index (χ0) is 25.1. The standard InChI is InChI=1S/C14H15ClN2O.C11H13FN2O/c1-4-11(15)10(3)16-12-8-6-7-9-13(12)17-14(18)5-2;1-6(2)14-10-5-8(11(13)15)9(12)4-7(10)3/h4-9,16H,1-2H2,3H3,(H,17,18);4-5,14H,1H2,2-3H3,(H2,13,15)/b11-10-;. The second kappa shape index (κ2) is 12.9. The molecule has 0 radical (unpaired) electrons. The lowest BCUT2D eigenvalue weighted by Gasteiger charge is -2.13. The van der Waals surface area contributed by atoms with Crippen LogP contribution in [-0.2, 0) is 4.79 Å². The molecule has 2 rings (SSSR count). The van der Waals surface area contributed by atoms with Crippen LogP contribution < -0.4 is 21.7 Å². The molecule has 6 nitrogen and oxygen atoms in total. The Kier molecular flexibility index (Phi) is 10.6. The van der Waals surface area contributed by atoms with Crippen LogP contribution in [0.15, 0.2) is 84.7 Å². The molecule has 2 amide bonds. The van der Waals surface area contributed by atoms with Crippen molar-refractivity contribution in [1.82, 2.24) is 0 Å². The molecular weight excluding hydrogens is 443 g/mol. The third-order valence-corrected chi connectivity index (χ3v) is 4.60. The van der Waals surface area contributed by atoms with Gasteiger partial charge in [-0.1, -0.05) is 43.5 Å². The molecule has 5 N–H and O–H groups in total. The Labute approximate surface area is 198 Å². The SMILES string of the molecule is C=C(C)Nc1cc(C(N)=O)c(F)cc1C.C=CC(=O)Nc1ccccc1N/C(C)=C(\Cl)C=C. The molecule has 8 heteroatoms. The number of halogens is 2. The molecule has 0 atom stereocenters. The number of hydrogen-bond donors (Lipinski definition) is 4. The van der Waals surface area contributed by atoms with Gasteiger partial charge in [0.05, 0.1) is 22.0 Å². The van der Waals surface area contributed by atoms with Gasteiger partial charge in [-0.3, -0.25) is 9.59 Å². The van der Waals surface area contributed by atoms with Crippen LogP contribution in [0.1, 0.15) is 29.8 Å². The molecule has 0 aromatic heterocycles. The predicted molar refractivity (Wildman–Crippen MR) is 136 cm³/mol. The maximum absolute atomic E-state index is 13.3. The minimum atomic E-state index is -0.780. The fourth-order valence-electron chi connectivity index (χ4n) is 2.53. The van der Waals surface area contributed by atoms with Crippen molar-refractivity contribution < 1.29 is 14.0 Å². The summed E-state index contributed by atoms with van der Waals surface area (Å²) in [4.78, 5) is 22.2. The first-order valence-electron chi connectivity index (χ1n) is 9.80. The molecule has 0 saturated carbocycles. The normalized spacial score (nSPS) is 10.6. The molecule has 174 valence electrons. The molecule has 0 fully saturated rings. The van der Waals surface area contributed by atoms with Crippen molar-refractivity contribution in [3.63, 3.8) is 0 Å². The monoisotopic (exact) mass is 470 g/mol. The van der Waals surface area contributed by atoms with E-state index in [4.69, 9.17) is 17.3 Å². The summed E-state index contributed by atoms with van der Waals surface area (Å²) in [6.07, 6.45) is 2.77. The maximum Gasteiger partial charge on any atom is 0.251 e. The van der Waals surface area contributed by atoms with Crippen LogP contribution in [0.25, 0.3) is 0 Å². The van der Waals surface area contributed by atoms with E-state index in [1.807, 2.05) is 25.1 Å². The van der Waals surface area contributed by atoms with Crippen molar-refractivity contribution in [3.8, 4) is 0 Å². The summed E-state index contributed by atoms with van der Waals surface area (Å²) >= 11 is 5.95. The maximum atomic E-state index is 13.3. The number of anilines is 3. The van der Waals surface area contributed by atoms with Crippen LogP contribution in [0.2, 0.25) is 0 Å². The predicted octanol–water partition coefficient (Wildman–Crippen LogP) is 6.06. The molecule has 0 saturated heterocycles. The van der Waals surface area contributed by atoms with Crippen molar-refractivity contribution in [2.75, 3.05) is 16.0 Å². The summed E-state index contributed by atoms with van der Waals surface area (Å²) in [6.45, 7) is 16.0. The number of primary amides is 1. The van der Waals surface area contributed by atoms with E-state index in [-0.39, 0.29) is 11.5 Å². The fourth-order valence-corrected chi connectivity index (χ4v) is 2.57. The summed E-state index contributed by atoms with van der Waals surface area (Å²) < 4.78 is 13.3. The van der Waals surface area contributed by atoms with Crippen molar-refractivity contribution in [2.45, 2.75) is 20.8 Å². The number of allylic oxidation sites excluding steroid dienone is 4. The van der Waals surface area contributed by atoms with E-state index in [0.717, 1.165) is 11.4 Å². The van der Waals surface area contributed by atoms with Gasteiger partial charge >= 0.3 is 0 Å². The van der Waals surface area contributed by atoms with Gasteiger partial charge in [-0.05, 0) is 62.8 Å². The lowest BCUT2D eigenvalue weighted by molar-refractivity contribution is -0.111. The Balaban J connectivity index is 0.000000335. The van der Waals surface area contributed by atoms with Gasteiger partial charge in [-0.25, -0.2) is 4.39 Å². The summed E-state index contributed by atoms with van der Waals surface area (Å²) in [5.41, 5.74) is 9.13. The molecule has 0 aliphatic rings. The number of carbonyl (C=O) groups excluding carboxylic acids is 2. The van der Waals surface area contributed by atoms with Gasteiger partial charge in [0, 0.05) is 17.1 Å². The van der Waals surface area contributed by atoms with Crippen molar-refractivity contribution >= 4 is 40.5 Å². The molecule has 0 aliphatic heterocycles. The lowest BCUT2D eigenvalue weighted by Crippen LogP contribution is -2.14. The number of aryl methyl sites for hydroxylation is 1. The number of amides is 2. The summed E-state index contributed by atoms with van der Waals surface area (Å²) in [5.74, 6) is -1.65. The number of nitrogens with two attached hydrogens (primary N) is 1. The summed E-state index contributed by atoms with van der Waals surface area (Å²) in [5, 5.41) is 9.28. The first kappa shape index (κ1) is 27.2. The van der Waals surface area contributed by atoms with Crippen LogP contribution >= 0.6 is 11.6 Å². The number of benzene rings is 2. The van der Waals surface area contributed by atoms with E-state index in [9.17, 15) is 14.0 Å². The Bertz CT molecular complexity index is 1110. The van der Waals surface area contributed by atoms with Gasteiger partial charge in [-0.2, -0.15) is 0 Å². The average molecular weight is 471 g/mol. The lowest BCUT2D eigenvalue weighted by atomic mass is 10.1. The van der Waals surface area contributed by atoms with Crippen LogP contribution in [0.4, 0.5) is 21.5 Å². The number of carbonyl (C=O) groups is 2. The Morgan fingerprint density at radius 3 is 2.06 bits per heavy atom. The highest BCUT2D eigenvalue weighted by Gasteiger charge is 2.11. The first-order chi connectivity index (χ1) is 15.5. The highest BCUT2D eigenvalue weighted by Crippen LogP contribution is 2.24. The van der Waals surface area contributed by atoms with Crippen molar-refractivity contribution in [3.05, 3.63) is 102 Å². The largest absolute Gasteiger partial charge is 0.366 e. The van der Waals surface area contributed by atoms with E-state index in [1.165, 1.54) is 18.2 Å². The average Bonchev–Trinajstić information content (AvgIpc) is 2.76. The second-order valence-electron chi connectivity index (χ2n) is 6.96. The zero-order valence-corrected chi connectivity index (χ0v) is 19.6. The van der Waals surface area contributed by atoms with Gasteiger partial charge in [0.25, 0.3) is 5.91 Å². The second-order valence-corrected chi connectivity index (χ2v) is 7.36. The third kappa shape index (κ3) is 8.66. The highest BCUT2D eigenvalue weighted by atomic mass is 35.5. The molecule has 33 heavy (non-hydrogen) atoms. The minimum Gasteiger partial charge on any atom is -0.366 e. The summed E-state index contributed by atoms with van der Waals surface area (Å²) in [6, 6.07) is 9.99. The number of para-hydroxylation sites is 2. The van der Waals surface area contributed by atoms with Crippen LogP contribution in [0.5, 0.6) is 0 Å². The molecule has 0 aliphatic carbocycles. The summed E-state index contributed by atoms with van der Waals surface area (Å²) in [7, 11) is 0. The molecule has 0 spiro atoms. The fraction of sp³-hybridized carbons (Fsp3) is 0.120. The third-order valence-electron chi connectivity index (χ3n) is 4.16. The van der Waals surface area contributed by atoms with E-state index in [1.54, 1.807) is 26.0 Å². The number of rotatable bonds is 8. The van der Waals surface area contributed by atoms with E-state index in [0.29, 0.717) is 27.7 Å². The molecule has 0 bridgehead atoms. The number of hydrogen-bond acceptors (Lipinski definition) is 4. The smallest absolute Gasteiger partial charge is 0.251 e. The van der Waals surface area contributed by atoms with Gasteiger partial charge in [0.15, 0.2) is 0 Å². The van der Waals surface area contributed by atoms with E-state index in [2.05, 4.69) is 35.7 Å². The van der Waals surface area contributed by atoms with Gasteiger partial charge in [0.2, 0.25) is 5.91 Å². The Hall–Kier alpha value is -3.84. The van der Waals surface area contributed by atoms with Crippen molar-refractivity contribution in [1.29, 1.82) is 0 Å². The van der Waals surface area contributed by atoms with Gasteiger partial charge < -0.3 is 21.7 Å². The Morgan fingerprint density at radius 2 is 1.58 bits per heavy atom. The van der Waals surface area contributed by atoms with E-state index < -0.39 is 11.7 Å². The van der Waals surface area contributed by atoms with Gasteiger partial charge in [0.1, 0.15) is 5.82 Å². The first-order valence-corrected chi connectivity index (χ1v) is 10.2. The molecule has 2 aromatic rings. The molecule has 0 unspecified atom stereocenters. The molecule has 2 aromatic carbocycles. The van der Waals surface area contributed by atoms with E-state index >= 15 is 0 Å². The Morgan fingerprint density at radius 1 is 1.00 bits per heavy atom. The highest BCUT2D eigenvalue weighted by molar-refractivity contribution is 6.31. The van der Waals surface area contributed by atoms with Crippen molar-refractivity contribution in [2.24, 2.45) is 5.73 Å². The van der Waals surface area contributed by atoms with Crippen LogP contribution in [0, 0.1) is 12.7 Å². The van der Waals surface area contributed by atoms with Crippen LogP contribution in [-0.4, -0.2) is 11.8 Å². The molecule has 0 heterocycles. The zero-order valence-electron chi connectivity index (χ0n) is 18.9. The van der Waals surface area contributed by atoms with Gasteiger partial charge in [-0.15, -0.1) is 0 Å². The number of nitrogens with one attached hydrogen (secondary N) is 3. The molecular formula is C25H28ClFN4O2. The topological polar surface area (TPSA) is 96.2 Å². The minimum absolute atomic E-state index is 0.121.